The highest BCUT2D eigenvalue weighted by Crippen LogP contribution is 2.12. The highest BCUT2D eigenvalue weighted by molar-refractivity contribution is 5.24. The van der Waals surface area contributed by atoms with Crippen LogP contribution in [0.5, 0.6) is 0 Å². The molecule has 0 fully saturated rings. The van der Waals surface area contributed by atoms with Gasteiger partial charge in [0.25, 0.3) is 0 Å². The predicted octanol–water partition coefficient (Wildman–Crippen LogP) is 0.162. The van der Waals surface area contributed by atoms with Gasteiger partial charge in [-0.3, -0.25) is 4.68 Å². The van der Waals surface area contributed by atoms with Crippen molar-refractivity contribution in [2.45, 2.75) is 19.4 Å². The van der Waals surface area contributed by atoms with Crippen LogP contribution in [0, 0.1) is 6.92 Å². The predicted molar refractivity (Wildman–Crippen MR) is 58.6 cm³/mol. The molecule has 2 rings (SSSR count). The van der Waals surface area contributed by atoms with Crippen molar-refractivity contribution in [1.29, 1.82) is 0 Å². The van der Waals surface area contributed by atoms with E-state index in [2.05, 4.69) is 17.3 Å². The van der Waals surface area contributed by atoms with Crippen molar-refractivity contribution in [3.05, 3.63) is 29.1 Å². The fourth-order valence-electron chi connectivity index (χ4n) is 1.93. The van der Waals surface area contributed by atoms with Crippen LogP contribution in [0.3, 0.4) is 0 Å². The number of β-amino-alcohol motifs (C(OH)–C–C–N with tert-alkyl or cyclic N) is 1. The Labute approximate surface area is 89.6 Å². The first-order valence-electron chi connectivity index (χ1n) is 5.22. The average molecular weight is 207 g/mol. The molecule has 0 bridgehead atoms. The van der Waals surface area contributed by atoms with E-state index < -0.39 is 0 Å². The Kier molecular flexibility index (Phi) is 2.88. The molecular weight excluding hydrogens is 190 g/mol. The Bertz CT molecular complexity index is 381. The van der Waals surface area contributed by atoms with E-state index in [1.807, 2.05) is 24.0 Å². The molecule has 1 aromatic rings. The van der Waals surface area contributed by atoms with Crippen LogP contribution < -0.4 is 5.32 Å². The van der Waals surface area contributed by atoms with Crippen LogP contribution in [0.1, 0.15) is 11.3 Å². The molecule has 1 aromatic heterocycles. The number of aromatic nitrogens is 2. The van der Waals surface area contributed by atoms with Gasteiger partial charge in [0, 0.05) is 32.8 Å². The second kappa shape index (κ2) is 4.16. The lowest BCUT2D eigenvalue weighted by molar-refractivity contribution is 0.212. The number of hydrogen-bond donors (Lipinski definition) is 2. The zero-order valence-corrected chi connectivity index (χ0v) is 9.20. The first-order chi connectivity index (χ1) is 7.15. The minimum absolute atomic E-state index is 0.349. The maximum Gasteiger partial charge on any atom is 0.0848 e. The summed E-state index contributed by atoms with van der Waals surface area (Å²) in [6.07, 6.45) is 4.43. The molecule has 1 aliphatic heterocycles. The molecule has 2 N–H and O–H groups in total. The van der Waals surface area contributed by atoms with Gasteiger partial charge in [0.15, 0.2) is 0 Å². The summed E-state index contributed by atoms with van der Waals surface area (Å²) in [5.41, 5.74) is 3.52. The number of hydrogen-bond acceptors (Lipinski definition) is 3. The largest absolute Gasteiger partial charge is 0.388 e. The van der Waals surface area contributed by atoms with Gasteiger partial charge in [-0.1, -0.05) is 11.6 Å². The van der Waals surface area contributed by atoms with Crippen molar-refractivity contribution in [1.82, 2.24) is 15.1 Å². The molecule has 15 heavy (non-hydrogen) atoms. The maximum absolute atomic E-state index is 9.47. The summed E-state index contributed by atoms with van der Waals surface area (Å²) in [6, 6.07) is 0. The van der Waals surface area contributed by atoms with Crippen LogP contribution >= 0.6 is 0 Å². The van der Waals surface area contributed by atoms with Crippen LogP contribution in [-0.4, -0.2) is 34.1 Å². The van der Waals surface area contributed by atoms with Crippen molar-refractivity contribution in [2.24, 2.45) is 7.05 Å². The Morgan fingerprint density at radius 1 is 1.67 bits per heavy atom. The number of aliphatic hydroxyl groups is 1. The summed E-state index contributed by atoms with van der Waals surface area (Å²) in [7, 11) is 1.93. The van der Waals surface area contributed by atoms with Crippen LogP contribution in [0.4, 0.5) is 0 Å². The minimum atomic E-state index is -0.349. The van der Waals surface area contributed by atoms with E-state index >= 15 is 0 Å². The van der Waals surface area contributed by atoms with Gasteiger partial charge in [-0.05, 0) is 12.5 Å². The molecule has 0 aromatic carbocycles. The quantitative estimate of drug-likeness (QED) is 0.679. The third kappa shape index (κ3) is 2.46. The second-order valence-electron chi connectivity index (χ2n) is 4.13. The van der Waals surface area contributed by atoms with Crippen LogP contribution in [0.2, 0.25) is 0 Å². The van der Waals surface area contributed by atoms with Gasteiger partial charge in [0.2, 0.25) is 0 Å². The molecular formula is C11H17N3O. The summed E-state index contributed by atoms with van der Waals surface area (Å²) >= 11 is 0. The fourth-order valence-corrected chi connectivity index (χ4v) is 1.93. The standard InChI is InChI=1S/C11H17N3O/c1-8-7-14(2)13-11(8)4-9-3-10(15)6-12-5-9/h3,7,10,12,15H,4-6H2,1-2H3. The third-order valence-corrected chi connectivity index (χ3v) is 2.64. The Morgan fingerprint density at radius 2 is 2.47 bits per heavy atom. The molecule has 82 valence electrons. The molecule has 1 unspecified atom stereocenters. The highest BCUT2D eigenvalue weighted by atomic mass is 16.3. The molecule has 2 heterocycles. The fraction of sp³-hybridized carbons (Fsp3) is 0.545. The van der Waals surface area contributed by atoms with E-state index in [1.165, 1.54) is 11.1 Å². The molecule has 0 spiro atoms. The van der Waals surface area contributed by atoms with E-state index in [0.29, 0.717) is 6.54 Å². The summed E-state index contributed by atoms with van der Waals surface area (Å²) < 4.78 is 1.83. The molecule has 1 aliphatic rings. The van der Waals surface area contributed by atoms with E-state index in [-0.39, 0.29) is 6.10 Å². The monoisotopic (exact) mass is 207 g/mol. The summed E-state index contributed by atoms with van der Waals surface area (Å²) in [5, 5.41) is 17.0. The average Bonchev–Trinajstić information content (AvgIpc) is 2.45. The summed E-state index contributed by atoms with van der Waals surface area (Å²) in [5.74, 6) is 0. The zero-order valence-electron chi connectivity index (χ0n) is 9.20. The number of nitrogens with zero attached hydrogens (tertiary/aromatic N) is 2. The summed E-state index contributed by atoms with van der Waals surface area (Å²) in [6.45, 7) is 3.58. The van der Waals surface area contributed by atoms with Gasteiger partial charge in [-0.25, -0.2) is 0 Å². The van der Waals surface area contributed by atoms with Crippen molar-refractivity contribution in [3.63, 3.8) is 0 Å². The van der Waals surface area contributed by atoms with Crippen LogP contribution in [0.15, 0.2) is 17.8 Å². The zero-order chi connectivity index (χ0) is 10.8. The maximum atomic E-state index is 9.47. The normalized spacial score (nSPS) is 21.5. The van der Waals surface area contributed by atoms with Crippen LogP contribution in [0.25, 0.3) is 0 Å². The van der Waals surface area contributed by atoms with Crippen LogP contribution in [-0.2, 0) is 13.5 Å². The van der Waals surface area contributed by atoms with Gasteiger partial charge in [0.1, 0.15) is 0 Å². The van der Waals surface area contributed by atoms with Crippen molar-refractivity contribution >= 4 is 0 Å². The lowest BCUT2D eigenvalue weighted by Crippen LogP contribution is -2.32. The Balaban J connectivity index is 2.11. The van der Waals surface area contributed by atoms with Crippen molar-refractivity contribution in [2.75, 3.05) is 13.1 Å². The lowest BCUT2D eigenvalue weighted by atomic mass is 10.0. The third-order valence-electron chi connectivity index (χ3n) is 2.64. The number of nitrogens with one attached hydrogen (secondary N) is 1. The molecule has 0 amide bonds. The van der Waals surface area contributed by atoms with E-state index in [9.17, 15) is 5.11 Å². The van der Waals surface area contributed by atoms with E-state index in [0.717, 1.165) is 18.7 Å². The SMILES string of the molecule is Cc1cn(C)nc1CC1=CC(O)CNC1. The van der Waals surface area contributed by atoms with E-state index in [1.54, 1.807) is 0 Å². The van der Waals surface area contributed by atoms with Gasteiger partial charge in [-0.15, -0.1) is 0 Å². The topological polar surface area (TPSA) is 50.1 Å². The first kappa shape index (κ1) is 10.4. The lowest BCUT2D eigenvalue weighted by Gasteiger charge is -2.18. The second-order valence-corrected chi connectivity index (χ2v) is 4.13. The molecule has 0 saturated carbocycles. The minimum Gasteiger partial charge on any atom is -0.388 e. The molecule has 0 aliphatic carbocycles. The molecule has 0 radical (unpaired) electrons. The van der Waals surface area contributed by atoms with Crippen molar-refractivity contribution < 1.29 is 5.11 Å². The first-order valence-corrected chi connectivity index (χ1v) is 5.22. The highest BCUT2D eigenvalue weighted by Gasteiger charge is 2.12. The molecule has 4 nitrogen and oxygen atoms in total. The molecule has 1 atom stereocenters. The Hall–Kier alpha value is -1.13. The van der Waals surface area contributed by atoms with Crippen molar-refractivity contribution in [3.8, 4) is 0 Å². The van der Waals surface area contributed by atoms with Gasteiger partial charge in [0.05, 0.1) is 11.8 Å². The van der Waals surface area contributed by atoms with Gasteiger partial charge < -0.3 is 10.4 Å². The Morgan fingerprint density at radius 3 is 3.07 bits per heavy atom. The smallest absolute Gasteiger partial charge is 0.0848 e. The number of aliphatic hydroxyl groups excluding tert-OH is 1. The van der Waals surface area contributed by atoms with Gasteiger partial charge >= 0.3 is 0 Å². The molecule has 0 saturated heterocycles. The van der Waals surface area contributed by atoms with Gasteiger partial charge in [-0.2, -0.15) is 5.10 Å². The van der Waals surface area contributed by atoms with E-state index in [4.69, 9.17) is 0 Å². The number of aryl methyl sites for hydroxylation is 2. The molecule has 4 heteroatoms. The number of rotatable bonds is 2. The summed E-state index contributed by atoms with van der Waals surface area (Å²) in [4.78, 5) is 0.